The topological polar surface area (TPSA) is 20.3 Å². The molecule has 1 aliphatic rings. The van der Waals surface area contributed by atoms with Crippen LogP contribution in [0.1, 0.15) is 42.1 Å². The van der Waals surface area contributed by atoms with Crippen molar-refractivity contribution in [2.75, 3.05) is 13.1 Å². The van der Waals surface area contributed by atoms with Crippen molar-refractivity contribution in [1.29, 1.82) is 0 Å². The molecule has 0 bridgehead atoms. The number of rotatable bonds is 3. The fourth-order valence-corrected chi connectivity index (χ4v) is 2.62. The molecule has 0 aromatic heterocycles. The number of nitrogens with zero attached hydrogens (tertiary/aromatic N) is 1. The number of hydrogen-bond donors (Lipinski definition) is 0. The lowest BCUT2D eigenvalue weighted by Crippen LogP contribution is -2.29. The minimum atomic E-state index is -0.404. The van der Waals surface area contributed by atoms with Crippen LogP contribution in [0.3, 0.4) is 0 Å². The van der Waals surface area contributed by atoms with Crippen molar-refractivity contribution < 1.29 is 9.18 Å². The van der Waals surface area contributed by atoms with E-state index < -0.39 is 5.82 Å². The Labute approximate surface area is 108 Å². The third-order valence-electron chi connectivity index (χ3n) is 3.62. The molecule has 1 fully saturated rings. The van der Waals surface area contributed by atoms with Gasteiger partial charge >= 0.3 is 0 Å². The molecule has 0 aliphatic carbocycles. The number of hydrogen-bond acceptors (Lipinski definition) is 1. The summed E-state index contributed by atoms with van der Waals surface area (Å²) < 4.78 is 13.8. The van der Waals surface area contributed by atoms with E-state index in [2.05, 4.69) is 6.92 Å². The first-order valence-electron chi connectivity index (χ1n) is 6.67. The Bertz CT molecular complexity index is 444. The summed E-state index contributed by atoms with van der Waals surface area (Å²) in [4.78, 5) is 14.0. The molecule has 1 saturated heterocycles. The van der Waals surface area contributed by atoms with Gasteiger partial charge in [0.1, 0.15) is 5.82 Å². The smallest absolute Gasteiger partial charge is 0.256 e. The van der Waals surface area contributed by atoms with E-state index in [0.717, 1.165) is 37.9 Å². The number of amides is 1. The molecule has 0 saturated carbocycles. The molecule has 2 rings (SSSR count). The molecule has 98 valence electrons. The van der Waals surface area contributed by atoms with Gasteiger partial charge in [-0.15, -0.1) is 0 Å². The van der Waals surface area contributed by atoms with Gasteiger partial charge < -0.3 is 4.90 Å². The van der Waals surface area contributed by atoms with Crippen LogP contribution >= 0.6 is 0 Å². The molecule has 3 heteroatoms. The van der Waals surface area contributed by atoms with Crippen molar-refractivity contribution in [3.8, 4) is 0 Å². The minimum absolute atomic E-state index is 0.161. The summed E-state index contributed by atoms with van der Waals surface area (Å²) >= 11 is 0. The molecule has 1 heterocycles. The summed E-state index contributed by atoms with van der Waals surface area (Å²) in [5.41, 5.74) is 1.05. The Morgan fingerprint density at radius 2 is 2.28 bits per heavy atom. The molecular weight excluding hydrogens is 229 g/mol. The number of likely N-dealkylation sites (tertiary alicyclic amines) is 1. The Balaban J connectivity index is 2.08. The molecule has 0 radical (unpaired) electrons. The normalized spacial score (nSPS) is 19.3. The second kappa shape index (κ2) is 5.51. The molecule has 2 nitrogen and oxygen atoms in total. The number of benzene rings is 1. The van der Waals surface area contributed by atoms with Crippen LogP contribution in [0.4, 0.5) is 4.39 Å². The lowest BCUT2D eigenvalue weighted by Gasteiger charge is -2.17. The van der Waals surface area contributed by atoms with Crippen LogP contribution in [0.5, 0.6) is 0 Å². The van der Waals surface area contributed by atoms with Gasteiger partial charge in [0.25, 0.3) is 5.91 Å². The summed E-state index contributed by atoms with van der Waals surface area (Å²) in [7, 11) is 0. The van der Waals surface area contributed by atoms with Gasteiger partial charge in [-0.2, -0.15) is 0 Å². The summed E-state index contributed by atoms with van der Waals surface area (Å²) in [5, 5.41) is 0. The highest BCUT2D eigenvalue weighted by molar-refractivity contribution is 5.94. The van der Waals surface area contributed by atoms with Crippen LogP contribution in [0.2, 0.25) is 0 Å². The van der Waals surface area contributed by atoms with E-state index >= 15 is 0 Å². The van der Waals surface area contributed by atoms with Crippen molar-refractivity contribution >= 4 is 5.91 Å². The molecule has 18 heavy (non-hydrogen) atoms. The Kier molecular flexibility index (Phi) is 4.00. The predicted molar refractivity (Wildman–Crippen MR) is 70.1 cm³/mol. The van der Waals surface area contributed by atoms with Gasteiger partial charge in [0.2, 0.25) is 0 Å². The van der Waals surface area contributed by atoms with Gasteiger partial charge in [-0.05, 0) is 43.4 Å². The third-order valence-corrected chi connectivity index (χ3v) is 3.62. The van der Waals surface area contributed by atoms with Crippen LogP contribution in [0.25, 0.3) is 0 Å². The Morgan fingerprint density at radius 1 is 1.50 bits per heavy atom. The Hall–Kier alpha value is -1.38. The zero-order chi connectivity index (χ0) is 13.1. The van der Waals surface area contributed by atoms with Crippen LogP contribution in [0, 0.1) is 18.7 Å². The largest absolute Gasteiger partial charge is 0.338 e. The molecule has 1 amide bonds. The average molecular weight is 249 g/mol. The fraction of sp³-hybridized carbons (Fsp3) is 0.533. The molecular formula is C15H20FNO. The van der Waals surface area contributed by atoms with Crippen molar-refractivity contribution in [2.45, 2.75) is 33.1 Å². The van der Waals surface area contributed by atoms with E-state index in [1.54, 1.807) is 17.0 Å². The van der Waals surface area contributed by atoms with Crippen molar-refractivity contribution in [1.82, 2.24) is 4.90 Å². The van der Waals surface area contributed by atoms with Gasteiger partial charge in [-0.25, -0.2) is 4.39 Å². The number of aryl methyl sites for hydroxylation is 1. The predicted octanol–water partition coefficient (Wildman–Crippen LogP) is 3.40. The minimum Gasteiger partial charge on any atom is -0.338 e. The zero-order valence-electron chi connectivity index (χ0n) is 11.1. The monoisotopic (exact) mass is 249 g/mol. The van der Waals surface area contributed by atoms with Crippen molar-refractivity contribution in [3.05, 3.63) is 35.1 Å². The maximum Gasteiger partial charge on any atom is 0.256 e. The van der Waals surface area contributed by atoms with Gasteiger partial charge in [0.15, 0.2) is 0 Å². The molecule has 1 unspecified atom stereocenters. The number of carbonyl (C=O) groups is 1. The SMILES string of the molecule is CCCC1CCN(C(=O)c2ccc(C)cc2F)C1. The first-order chi connectivity index (χ1) is 8.61. The average Bonchev–Trinajstić information content (AvgIpc) is 2.77. The molecule has 1 aromatic carbocycles. The van der Waals surface area contributed by atoms with E-state index in [1.165, 1.54) is 6.07 Å². The molecule has 1 atom stereocenters. The standard InChI is InChI=1S/C15H20FNO/c1-3-4-12-7-8-17(10-12)15(18)13-6-5-11(2)9-14(13)16/h5-6,9,12H,3-4,7-8,10H2,1-2H3. The highest BCUT2D eigenvalue weighted by Gasteiger charge is 2.27. The van der Waals surface area contributed by atoms with Crippen LogP contribution in [-0.2, 0) is 0 Å². The molecule has 0 N–H and O–H groups in total. The fourth-order valence-electron chi connectivity index (χ4n) is 2.62. The highest BCUT2D eigenvalue weighted by Crippen LogP contribution is 2.23. The van der Waals surface area contributed by atoms with E-state index in [9.17, 15) is 9.18 Å². The van der Waals surface area contributed by atoms with Crippen LogP contribution in [-0.4, -0.2) is 23.9 Å². The molecule has 0 spiro atoms. The second-order valence-electron chi connectivity index (χ2n) is 5.18. The van der Waals surface area contributed by atoms with E-state index in [4.69, 9.17) is 0 Å². The zero-order valence-corrected chi connectivity index (χ0v) is 11.1. The van der Waals surface area contributed by atoms with Gasteiger partial charge in [0.05, 0.1) is 5.56 Å². The highest BCUT2D eigenvalue weighted by atomic mass is 19.1. The van der Waals surface area contributed by atoms with E-state index in [1.807, 2.05) is 6.92 Å². The maximum atomic E-state index is 13.8. The van der Waals surface area contributed by atoms with E-state index in [0.29, 0.717) is 5.92 Å². The number of carbonyl (C=O) groups excluding carboxylic acids is 1. The summed E-state index contributed by atoms with van der Waals surface area (Å²) in [6, 6.07) is 4.81. The van der Waals surface area contributed by atoms with Crippen molar-refractivity contribution in [2.24, 2.45) is 5.92 Å². The first-order valence-corrected chi connectivity index (χ1v) is 6.67. The Morgan fingerprint density at radius 3 is 2.94 bits per heavy atom. The summed E-state index contributed by atoms with van der Waals surface area (Å²) in [6.07, 6.45) is 3.35. The molecule has 1 aromatic rings. The lowest BCUT2D eigenvalue weighted by atomic mass is 10.0. The van der Waals surface area contributed by atoms with Gasteiger partial charge in [0, 0.05) is 13.1 Å². The third kappa shape index (κ3) is 2.71. The maximum absolute atomic E-state index is 13.8. The first kappa shape index (κ1) is 13.1. The van der Waals surface area contributed by atoms with Gasteiger partial charge in [-0.1, -0.05) is 19.4 Å². The second-order valence-corrected chi connectivity index (χ2v) is 5.18. The quantitative estimate of drug-likeness (QED) is 0.804. The number of halogens is 1. The summed E-state index contributed by atoms with van der Waals surface area (Å²) in [6.45, 7) is 5.52. The van der Waals surface area contributed by atoms with E-state index in [-0.39, 0.29) is 11.5 Å². The molecule has 1 aliphatic heterocycles. The van der Waals surface area contributed by atoms with Gasteiger partial charge in [-0.3, -0.25) is 4.79 Å². The summed E-state index contributed by atoms with van der Waals surface area (Å²) in [5.74, 6) is 0.0255. The van der Waals surface area contributed by atoms with Crippen LogP contribution in [0.15, 0.2) is 18.2 Å². The van der Waals surface area contributed by atoms with Crippen molar-refractivity contribution in [3.63, 3.8) is 0 Å². The van der Waals surface area contributed by atoms with Crippen LogP contribution < -0.4 is 0 Å². The lowest BCUT2D eigenvalue weighted by molar-refractivity contribution is 0.0782.